The second-order valence-electron chi connectivity index (χ2n) is 5.49. The maximum absolute atomic E-state index is 11.7. The molecule has 2 rings (SSSR count). The van der Waals surface area contributed by atoms with Gasteiger partial charge in [-0.1, -0.05) is 24.8 Å². The predicted octanol–water partition coefficient (Wildman–Crippen LogP) is 1.99. The van der Waals surface area contributed by atoms with E-state index in [9.17, 15) is 9.90 Å². The number of carbonyl (C=O) groups excluding carboxylic acids is 1. The summed E-state index contributed by atoms with van der Waals surface area (Å²) in [5.41, 5.74) is 1.88. The van der Waals surface area contributed by atoms with Gasteiger partial charge in [-0.15, -0.1) is 0 Å². The van der Waals surface area contributed by atoms with Crippen molar-refractivity contribution in [2.75, 3.05) is 0 Å². The van der Waals surface area contributed by atoms with Crippen molar-refractivity contribution in [3.63, 3.8) is 0 Å². The zero-order valence-electron chi connectivity index (χ0n) is 11.5. The summed E-state index contributed by atoms with van der Waals surface area (Å²) in [5, 5.41) is 19.3. The Bertz CT molecular complexity index is 465. The number of fused-ring (bicyclic) bond motifs is 1. The summed E-state index contributed by atoms with van der Waals surface area (Å²) in [5.74, 6) is -0.967. The number of rotatable bonds is 1. The largest absolute Gasteiger partial charge is 0.458 e. The van der Waals surface area contributed by atoms with Gasteiger partial charge >= 0.3 is 5.97 Å². The fraction of sp³-hybridized carbons (Fsp3) is 0.533. The summed E-state index contributed by atoms with van der Waals surface area (Å²) in [6.07, 6.45) is 1.46. The van der Waals surface area contributed by atoms with Gasteiger partial charge in [-0.05, 0) is 25.3 Å². The average molecular weight is 280 g/mol. The Kier molecular flexibility index (Phi) is 4.42. The minimum absolute atomic E-state index is 0.279. The number of hydrogen-bond donors (Lipinski definition) is 2. The Morgan fingerprint density at radius 1 is 1.45 bits per heavy atom. The zero-order chi connectivity index (χ0) is 14.9. The molecule has 0 aromatic carbocycles. The van der Waals surface area contributed by atoms with Gasteiger partial charge in [0.05, 0.1) is 12.0 Å². The lowest BCUT2D eigenvalue weighted by molar-refractivity contribution is -0.270. The van der Waals surface area contributed by atoms with Gasteiger partial charge in [0.1, 0.15) is 12.2 Å². The molecule has 1 aliphatic carbocycles. The first-order valence-corrected chi connectivity index (χ1v) is 6.67. The molecule has 4 unspecified atom stereocenters. The van der Waals surface area contributed by atoms with E-state index < -0.39 is 30.2 Å². The Hall–Kier alpha value is -1.43. The molecule has 1 aliphatic heterocycles. The molecule has 20 heavy (non-hydrogen) atoms. The van der Waals surface area contributed by atoms with E-state index in [1.165, 1.54) is 0 Å². The van der Waals surface area contributed by atoms with Gasteiger partial charge in [0.2, 0.25) is 0 Å². The van der Waals surface area contributed by atoms with Crippen molar-refractivity contribution in [1.29, 1.82) is 0 Å². The normalized spacial score (nSPS) is 35.4. The summed E-state index contributed by atoms with van der Waals surface area (Å²) in [6, 6.07) is 0. The molecule has 2 N–H and O–H groups in total. The van der Waals surface area contributed by atoms with Gasteiger partial charge in [-0.25, -0.2) is 9.68 Å². The molecule has 0 spiro atoms. The number of esters is 1. The van der Waals surface area contributed by atoms with Gasteiger partial charge in [-0.3, -0.25) is 5.26 Å². The molecule has 0 aromatic heterocycles. The third-order valence-electron chi connectivity index (χ3n) is 3.99. The van der Waals surface area contributed by atoms with Crippen LogP contribution in [0, 0.1) is 5.92 Å². The lowest BCUT2D eigenvalue weighted by atomic mass is 9.84. The van der Waals surface area contributed by atoms with Crippen LogP contribution in [-0.4, -0.2) is 34.6 Å². The molecule has 110 valence electrons. The summed E-state index contributed by atoms with van der Waals surface area (Å²) >= 11 is 0. The third kappa shape index (κ3) is 2.85. The van der Waals surface area contributed by atoms with E-state index in [1.807, 2.05) is 6.92 Å². The summed E-state index contributed by atoms with van der Waals surface area (Å²) < 4.78 is 5.25. The molecule has 2 aliphatic rings. The lowest BCUT2D eigenvalue weighted by Crippen LogP contribution is -2.31. The standard InChI is InChI=1S/C15H20O5/c1-8-4-5-12(20-18)9(2)7-13-14(11(16)6-8)10(3)15(17)19-13/h6,11-14,16,18H,2-5,7H2,1H3. The van der Waals surface area contributed by atoms with Crippen LogP contribution < -0.4 is 0 Å². The van der Waals surface area contributed by atoms with Crippen LogP contribution in [0.2, 0.25) is 0 Å². The average Bonchev–Trinajstić information content (AvgIpc) is 2.64. The summed E-state index contributed by atoms with van der Waals surface area (Å²) in [4.78, 5) is 16.1. The molecular formula is C15H20O5. The molecule has 0 saturated carbocycles. The maximum Gasteiger partial charge on any atom is 0.334 e. The quantitative estimate of drug-likeness (QED) is 0.252. The minimum atomic E-state index is -0.807. The van der Waals surface area contributed by atoms with E-state index in [2.05, 4.69) is 18.0 Å². The highest BCUT2D eigenvalue weighted by Crippen LogP contribution is 2.36. The van der Waals surface area contributed by atoms with E-state index in [4.69, 9.17) is 9.99 Å². The molecule has 0 radical (unpaired) electrons. The molecule has 5 heteroatoms. The molecule has 1 fully saturated rings. The number of ether oxygens (including phenoxy) is 1. The van der Waals surface area contributed by atoms with E-state index in [0.717, 1.165) is 5.57 Å². The van der Waals surface area contributed by atoms with Crippen LogP contribution in [0.3, 0.4) is 0 Å². The minimum Gasteiger partial charge on any atom is -0.458 e. The predicted molar refractivity (Wildman–Crippen MR) is 72.8 cm³/mol. The fourth-order valence-electron chi connectivity index (χ4n) is 2.80. The first kappa shape index (κ1) is 15.0. The number of carbonyl (C=O) groups is 1. The van der Waals surface area contributed by atoms with Gasteiger partial charge in [0.25, 0.3) is 0 Å². The fourth-order valence-corrected chi connectivity index (χ4v) is 2.80. The molecule has 0 aromatic rings. The number of aliphatic hydroxyl groups is 1. The Labute approximate surface area is 118 Å². The molecule has 5 nitrogen and oxygen atoms in total. The number of aliphatic hydroxyl groups excluding tert-OH is 1. The van der Waals surface area contributed by atoms with Crippen LogP contribution in [0.4, 0.5) is 0 Å². The Morgan fingerprint density at radius 3 is 2.80 bits per heavy atom. The highest BCUT2D eigenvalue weighted by Gasteiger charge is 2.43. The molecular weight excluding hydrogens is 260 g/mol. The van der Waals surface area contributed by atoms with Crippen LogP contribution in [-0.2, 0) is 14.4 Å². The summed E-state index contributed by atoms with van der Waals surface area (Å²) in [7, 11) is 0. The topological polar surface area (TPSA) is 76.0 Å². The second kappa shape index (κ2) is 5.91. The maximum atomic E-state index is 11.7. The second-order valence-corrected chi connectivity index (χ2v) is 5.49. The molecule has 4 atom stereocenters. The smallest absolute Gasteiger partial charge is 0.334 e. The highest BCUT2D eigenvalue weighted by molar-refractivity contribution is 5.91. The summed E-state index contributed by atoms with van der Waals surface area (Å²) in [6.45, 7) is 9.49. The molecule has 1 saturated heterocycles. The third-order valence-corrected chi connectivity index (χ3v) is 3.99. The molecule has 0 amide bonds. The monoisotopic (exact) mass is 280 g/mol. The lowest BCUT2D eigenvalue weighted by Gasteiger charge is -2.26. The van der Waals surface area contributed by atoms with E-state index in [0.29, 0.717) is 24.8 Å². The van der Waals surface area contributed by atoms with E-state index in [1.54, 1.807) is 6.08 Å². The molecule has 0 bridgehead atoms. The van der Waals surface area contributed by atoms with Crippen molar-refractivity contribution < 1.29 is 24.8 Å². The van der Waals surface area contributed by atoms with Crippen molar-refractivity contribution in [3.8, 4) is 0 Å². The van der Waals surface area contributed by atoms with E-state index >= 15 is 0 Å². The highest BCUT2D eigenvalue weighted by atomic mass is 17.1. The van der Waals surface area contributed by atoms with Crippen molar-refractivity contribution in [3.05, 3.63) is 36.0 Å². The SMILES string of the molecule is C=C1CC2OC(=O)C(=C)C2C(O)C=C(C)CCC1OO. The molecule has 1 heterocycles. The first-order chi connectivity index (χ1) is 9.43. The Morgan fingerprint density at radius 2 is 2.15 bits per heavy atom. The van der Waals surface area contributed by atoms with Crippen LogP contribution in [0.5, 0.6) is 0 Å². The van der Waals surface area contributed by atoms with Gasteiger partial charge in [-0.2, -0.15) is 0 Å². The Balaban J connectivity index is 2.32. The van der Waals surface area contributed by atoms with Crippen LogP contribution >= 0.6 is 0 Å². The van der Waals surface area contributed by atoms with Crippen molar-refractivity contribution in [2.45, 2.75) is 44.5 Å². The van der Waals surface area contributed by atoms with Gasteiger partial charge < -0.3 is 9.84 Å². The van der Waals surface area contributed by atoms with Gasteiger partial charge in [0.15, 0.2) is 0 Å². The zero-order valence-corrected chi connectivity index (χ0v) is 11.5. The first-order valence-electron chi connectivity index (χ1n) is 6.67. The van der Waals surface area contributed by atoms with Crippen molar-refractivity contribution in [2.24, 2.45) is 5.92 Å². The van der Waals surface area contributed by atoms with Crippen LogP contribution in [0.1, 0.15) is 26.2 Å². The van der Waals surface area contributed by atoms with Crippen molar-refractivity contribution >= 4 is 5.97 Å². The number of hydrogen-bond acceptors (Lipinski definition) is 5. The van der Waals surface area contributed by atoms with Crippen molar-refractivity contribution in [1.82, 2.24) is 0 Å². The van der Waals surface area contributed by atoms with E-state index in [-0.39, 0.29) is 5.57 Å². The van der Waals surface area contributed by atoms with Gasteiger partial charge in [0, 0.05) is 12.0 Å². The van der Waals surface area contributed by atoms with Crippen LogP contribution in [0.15, 0.2) is 36.0 Å². The number of allylic oxidation sites excluding steroid dienone is 1. The van der Waals surface area contributed by atoms with Crippen LogP contribution in [0.25, 0.3) is 0 Å².